The molecule has 2 aromatic carbocycles. The van der Waals surface area contributed by atoms with Gasteiger partial charge in [-0.2, -0.15) is 4.31 Å². The fraction of sp³-hybridized carbons (Fsp3) is 0.500. The first-order chi connectivity index (χ1) is 16.2. The topological polar surface area (TPSA) is 87.2 Å². The number of benzene rings is 2. The molecule has 2 aliphatic rings. The monoisotopic (exact) mass is 486 g/mol. The first-order valence-corrected chi connectivity index (χ1v) is 13.4. The van der Waals surface area contributed by atoms with Gasteiger partial charge in [0.25, 0.3) is 0 Å². The summed E-state index contributed by atoms with van der Waals surface area (Å²) in [6.45, 7) is 3.92. The van der Waals surface area contributed by atoms with Gasteiger partial charge in [-0.1, -0.05) is 49.7 Å². The summed E-state index contributed by atoms with van der Waals surface area (Å²) >= 11 is 0. The standard InChI is InChI=1S/C26H34N2O5S/c1-18-15-28(19(2)17-29)34(31,32)25-13-12-22(20-8-5-4-6-9-20)14-23(25)33-24(18)16-27(3)26(30)21-10-7-11-21/h4-6,8-9,12-14,18-19,21,24,29H,7,10-11,15-17H2,1-3H3/t18-,19-,24-/m0/s1. The van der Waals surface area contributed by atoms with Crippen molar-refractivity contribution in [1.82, 2.24) is 9.21 Å². The summed E-state index contributed by atoms with van der Waals surface area (Å²) in [5, 5.41) is 9.80. The number of hydrogen-bond acceptors (Lipinski definition) is 5. The van der Waals surface area contributed by atoms with Gasteiger partial charge >= 0.3 is 0 Å². The van der Waals surface area contributed by atoms with Crippen molar-refractivity contribution in [2.45, 2.75) is 50.2 Å². The summed E-state index contributed by atoms with van der Waals surface area (Å²) in [7, 11) is -2.10. The van der Waals surface area contributed by atoms with Crippen molar-refractivity contribution < 1.29 is 23.1 Å². The largest absolute Gasteiger partial charge is 0.487 e. The number of aliphatic hydroxyl groups excluding tert-OH is 1. The highest BCUT2D eigenvalue weighted by Gasteiger charge is 2.39. The Labute approximate surface area is 202 Å². The predicted molar refractivity (Wildman–Crippen MR) is 131 cm³/mol. The maximum Gasteiger partial charge on any atom is 0.247 e. The molecule has 3 atom stereocenters. The maximum absolute atomic E-state index is 13.6. The van der Waals surface area contributed by atoms with Gasteiger partial charge in [-0.05, 0) is 43.0 Å². The number of hydrogen-bond donors (Lipinski definition) is 1. The Hall–Kier alpha value is -2.42. The lowest BCUT2D eigenvalue weighted by Crippen LogP contribution is -2.50. The molecule has 0 aromatic heterocycles. The molecule has 0 spiro atoms. The summed E-state index contributed by atoms with van der Waals surface area (Å²) < 4.78 is 35.0. The number of fused-ring (bicyclic) bond motifs is 1. The molecule has 1 saturated carbocycles. The van der Waals surface area contributed by atoms with Crippen molar-refractivity contribution in [3.63, 3.8) is 0 Å². The molecule has 7 nitrogen and oxygen atoms in total. The molecule has 2 aromatic rings. The Bertz CT molecular complexity index is 1120. The van der Waals surface area contributed by atoms with Gasteiger partial charge in [0.1, 0.15) is 16.7 Å². The van der Waals surface area contributed by atoms with Gasteiger partial charge in [0, 0.05) is 31.5 Å². The van der Waals surface area contributed by atoms with E-state index in [2.05, 4.69) is 0 Å². The van der Waals surface area contributed by atoms with E-state index in [-0.39, 0.29) is 41.5 Å². The summed E-state index contributed by atoms with van der Waals surface area (Å²) in [4.78, 5) is 14.6. The summed E-state index contributed by atoms with van der Waals surface area (Å²) in [5.74, 6) is 0.277. The number of carbonyl (C=O) groups is 1. The quantitative estimate of drug-likeness (QED) is 0.676. The van der Waals surface area contributed by atoms with Gasteiger partial charge < -0.3 is 14.7 Å². The van der Waals surface area contributed by atoms with Gasteiger partial charge in [0.05, 0.1) is 13.2 Å². The first-order valence-electron chi connectivity index (χ1n) is 12.0. The second-order valence-corrected chi connectivity index (χ2v) is 11.5. The minimum atomic E-state index is -3.89. The van der Waals surface area contributed by atoms with Crippen LogP contribution < -0.4 is 4.74 Å². The van der Waals surface area contributed by atoms with Gasteiger partial charge in [0.2, 0.25) is 15.9 Å². The number of sulfonamides is 1. The van der Waals surface area contributed by atoms with Crippen molar-refractivity contribution in [1.29, 1.82) is 0 Å². The fourth-order valence-electron chi connectivity index (χ4n) is 4.58. The van der Waals surface area contributed by atoms with Crippen molar-refractivity contribution in [3.05, 3.63) is 48.5 Å². The average Bonchev–Trinajstić information content (AvgIpc) is 2.79. The van der Waals surface area contributed by atoms with Crippen LogP contribution in [0.3, 0.4) is 0 Å². The molecule has 1 amide bonds. The van der Waals surface area contributed by atoms with E-state index in [1.807, 2.05) is 37.3 Å². The summed E-state index contributed by atoms with van der Waals surface area (Å²) in [5.41, 5.74) is 1.80. The van der Waals surface area contributed by atoms with E-state index in [1.165, 1.54) is 4.31 Å². The van der Waals surface area contributed by atoms with Gasteiger partial charge in [-0.25, -0.2) is 8.42 Å². The normalized spacial score (nSPS) is 23.5. The van der Waals surface area contributed by atoms with Crippen LogP contribution in [0.2, 0.25) is 0 Å². The van der Waals surface area contributed by atoms with E-state index in [1.54, 1.807) is 37.1 Å². The number of ether oxygens (including phenoxy) is 1. The second kappa shape index (κ2) is 10.1. The molecule has 1 aliphatic carbocycles. The average molecular weight is 487 g/mol. The predicted octanol–water partition coefficient (Wildman–Crippen LogP) is 3.38. The zero-order chi connectivity index (χ0) is 24.5. The zero-order valence-corrected chi connectivity index (χ0v) is 20.9. The highest BCUT2D eigenvalue weighted by Crippen LogP contribution is 2.37. The highest BCUT2D eigenvalue weighted by molar-refractivity contribution is 7.89. The van der Waals surface area contributed by atoms with E-state index in [0.29, 0.717) is 6.54 Å². The third-order valence-corrected chi connectivity index (χ3v) is 9.08. The van der Waals surface area contributed by atoms with Crippen LogP contribution in [0.15, 0.2) is 53.4 Å². The van der Waals surface area contributed by atoms with Crippen LogP contribution in [0, 0.1) is 11.8 Å². The van der Waals surface area contributed by atoms with E-state index in [0.717, 1.165) is 30.4 Å². The highest BCUT2D eigenvalue weighted by atomic mass is 32.2. The smallest absolute Gasteiger partial charge is 0.247 e. The Morgan fingerprint density at radius 1 is 1.18 bits per heavy atom. The molecule has 1 aliphatic heterocycles. The number of likely N-dealkylation sites (N-methyl/N-ethyl adjacent to an activating group) is 1. The number of aliphatic hydroxyl groups is 1. The lowest BCUT2D eigenvalue weighted by atomic mass is 9.84. The maximum atomic E-state index is 13.6. The number of rotatable bonds is 6. The van der Waals surface area contributed by atoms with Gasteiger partial charge in [0.15, 0.2) is 0 Å². The third kappa shape index (κ3) is 4.85. The minimum absolute atomic E-state index is 0.0807. The molecule has 4 rings (SSSR count). The zero-order valence-electron chi connectivity index (χ0n) is 20.1. The number of amides is 1. The minimum Gasteiger partial charge on any atom is -0.487 e. The second-order valence-electron chi connectivity index (χ2n) is 9.61. The Balaban J connectivity index is 1.74. The van der Waals surface area contributed by atoms with Crippen molar-refractivity contribution in [2.24, 2.45) is 11.8 Å². The molecular weight excluding hydrogens is 452 g/mol. The molecular formula is C26H34N2O5S. The summed E-state index contributed by atoms with van der Waals surface area (Å²) in [6, 6.07) is 14.3. The van der Waals surface area contributed by atoms with Crippen LogP contribution in [-0.2, 0) is 14.8 Å². The van der Waals surface area contributed by atoms with Gasteiger partial charge in [-0.3, -0.25) is 4.79 Å². The molecule has 34 heavy (non-hydrogen) atoms. The Kier molecular flexibility index (Phi) is 7.31. The lowest BCUT2D eigenvalue weighted by Gasteiger charge is -2.38. The molecule has 0 bridgehead atoms. The van der Waals surface area contributed by atoms with Crippen molar-refractivity contribution in [2.75, 3.05) is 26.7 Å². The van der Waals surface area contributed by atoms with E-state index >= 15 is 0 Å². The molecule has 1 heterocycles. The number of carbonyl (C=O) groups excluding carboxylic acids is 1. The van der Waals surface area contributed by atoms with Crippen LogP contribution >= 0.6 is 0 Å². The molecule has 1 fully saturated rings. The summed E-state index contributed by atoms with van der Waals surface area (Å²) in [6.07, 6.45) is 2.53. The first kappa shape index (κ1) is 24.7. The fourth-order valence-corrected chi connectivity index (χ4v) is 6.41. The molecule has 1 N–H and O–H groups in total. The van der Waals surface area contributed by atoms with Crippen molar-refractivity contribution >= 4 is 15.9 Å². The Morgan fingerprint density at radius 2 is 1.88 bits per heavy atom. The van der Waals surface area contributed by atoms with E-state index in [4.69, 9.17) is 4.74 Å². The molecule has 184 valence electrons. The molecule has 0 radical (unpaired) electrons. The third-order valence-electron chi connectivity index (χ3n) is 7.06. The van der Waals surface area contributed by atoms with Crippen LogP contribution in [0.25, 0.3) is 11.1 Å². The molecule has 8 heteroatoms. The Morgan fingerprint density at radius 3 is 2.50 bits per heavy atom. The van der Waals surface area contributed by atoms with E-state index < -0.39 is 22.2 Å². The van der Waals surface area contributed by atoms with Crippen molar-refractivity contribution in [3.8, 4) is 16.9 Å². The number of nitrogens with zero attached hydrogens (tertiary/aromatic N) is 2. The molecule has 0 saturated heterocycles. The van der Waals surface area contributed by atoms with Crippen LogP contribution in [0.5, 0.6) is 5.75 Å². The SMILES string of the molecule is C[C@H]1CN([C@@H](C)CO)S(=O)(=O)c2ccc(-c3ccccc3)cc2O[C@H]1CN(C)C(=O)C1CCC1. The van der Waals surface area contributed by atoms with Crippen LogP contribution in [-0.4, -0.2) is 67.5 Å². The van der Waals surface area contributed by atoms with E-state index in [9.17, 15) is 18.3 Å². The van der Waals surface area contributed by atoms with Crippen LogP contribution in [0.4, 0.5) is 0 Å². The van der Waals surface area contributed by atoms with Crippen LogP contribution in [0.1, 0.15) is 33.1 Å². The lowest BCUT2D eigenvalue weighted by molar-refractivity contribution is -0.138. The van der Waals surface area contributed by atoms with Gasteiger partial charge in [-0.15, -0.1) is 0 Å². The molecule has 0 unspecified atom stereocenters.